The molecule has 0 bridgehead atoms. The molecule has 2 N–H and O–H groups in total. The van der Waals surface area contributed by atoms with E-state index in [0.29, 0.717) is 16.8 Å². The van der Waals surface area contributed by atoms with Gasteiger partial charge in [0.1, 0.15) is 12.3 Å². The maximum Gasteiger partial charge on any atom is 0.417 e. The first-order valence-corrected chi connectivity index (χ1v) is 11.2. The summed E-state index contributed by atoms with van der Waals surface area (Å²) >= 11 is 5.93. The number of pyridine rings is 1. The molecule has 2 aromatic rings. The highest BCUT2D eigenvalue weighted by molar-refractivity contribution is 6.30. The number of piperidine rings is 1. The van der Waals surface area contributed by atoms with E-state index >= 15 is 0 Å². The van der Waals surface area contributed by atoms with Gasteiger partial charge in [-0.1, -0.05) is 30.7 Å². The lowest BCUT2D eigenvalue weighted by Crippen LogP contribution is -2.58. The van der Waals surface area contributed by atoms with Crippen molar-refractivity contribution in [2.75, 3.05) is 20.2 Å². The lowest BCUT2D eigenvalue weighted by molar-refractivity contribution is -0.151. The van der Waals surface area contributed by atoms with Crippen LogP contribution in [0.2, 0.25) is 5.02 Å². The molecule has 6 nitrogen and oxygen atoms in total. The van der Waals surface area contributed by atoms with Crippen molar-refractivity contribution in [3.05, 3.63) is 64.4 Å². The van der Waals surface area contributed by atoms with Gasteiger partial charge in [-0.05, 0) is 29.7 Å². The molecule has 2 atom stereocenters. The number of nitrogens with two attached hydrogens (primary N) is 1. The number of hydrogen-bond acceptors (Lipinski definition) is 5. The number of halogens is 6. The van der Waals surface area contributed by atoms with Gasteiger partial charge in [0.2, 0.25) is 5.88 Å². The molecule has 36 heavy (non-hydrogen) atoms. The van der Waals surface area contributed by atoms with Crippen molar-refractivity contribution in [1.82, 2.24) is 9.88 Å². The number of carbonyl (C=O) groups excluding carboxylic acids is 1. The molecular weight excluding hydrogens is 507 g/mol. The zero-order valence-electron chi connectivity index (χ0n) is 19.4. The van der Waals surface area contributed by atoms with Crippen molar-refractivity contribution in [3.63, 3.8) is 0 Å². The number of alkyl halides is 5. The molecule has 3 rings (SSSR count). The first-order chi connectivity index (χ1) is 16.8. The van der Waals surface area contributed by atoms with Crippen LogP contribution in [0.4, 0.5) is 22.0 Å². The highest BCUT2D eigenvalue weighted by atomic mass is 35.5. The van der Waals surface area contributed by atoms with E-state index in [4.69, 9.17) is 22.1 Å². The van der Waals surface area contributed by atoms with Crippen LogP contribution in [-0.2, 0) is 11.0 Å². The van der Waals surface area contributed by atoms with Crippen LogP contribution in [0, 0.1) is 5.92 Å². The maximum atomic E-state index is 14.5. The molecule has 1 aromatic heterocycles. The fraction of sp³-hybridized carbons (Fsp3) is 0.375. The Balaban J connectivity index is 1.89. The smallest absolute Gasteiger partial charge is 0.417 e. The summed E-state index contributed by atoms with van der Waals surface area (Å²) in [6.07, 6.45) is -3.11. The molecule has 2 heterocycles. The Morgan fingerprint density at radius 2 is 1.94 bits per heavy atom. The van der Waals surface area contributed by atoms with Crippen molar-refractivity contribution in [2.24, 2.45) is 16.6 Å². The quantitative estimate of drug-likeness (QED) is 0.321. The Morgan fingerprint density at radius 1 is 1.28 bits per heavy atom. The van der Waals surface area contributed by atoms with Crippen molar-refractivity contribution in [2.45, 2.75) is 31.5 Å². The summed E-state index contributed by atoms with van der Waals surface area (Å²) in [5.41, 5.74) is 5.65. The normalized spacial score (nSPS) is 20.8. The second-order valence-electron chi connectivity index (χ2n) is 8.45. The highest BCUT2D eigenvalue weighted by Crippen LogP contribution is 2.36. The summed E-state index contributed by atoms with van der Waals surface area (Å²) in [5, 5.41) is 0.454. The molecule has 1 saturated heterocycles. The number of likely N-dealkylation sites (tertiary alicyclic amines) is 1. The van der Waals surface area contributed by atoms with Crippen LogP contribution in [0.25, 0.3) is 5.57 Å². The third-order valence-electron chi connectivity index (χ3n) is 5.74. The Bertz CT molecular complexity index is 1130. The predicted molar refractivity (Wildman–Crippen MR) is 126 cm³/mol. The number of carbonyl (C=O) groups is 1. The lowest BCUT2D eigenvalue weighted by atomic mass is 9.88. The van der Waals surface area contributed by atoms with Crippen LogP contribution in [-0.4, -0.2) is 54.2 Å². The molecule has 0 saturated carbocycles. The van der Waals surface area contributed by atoms with E-state index in [9.17, 15) is 26.7 Å². The first-order valence-electron chi connectivity index (χ1n) is 10.8. The van der Waals surface area contributed by atoms with E-state index in [1.54, 1.807) is 24.3 Å². The topological polar surface area (TPSA) is 80.8 Å². The van der Waals surface area contributed by atoms with Crippen LogP contribution in [0.3, 0.4) is 0 Å². The molecule has 1 unspecified atom stereocenters. The Hall–Kier alpha value is -3.21. The van der Waals surface area contributed by atoms with Gasteiger partial charge >= 0.3 is 6.18 Å². The van der Waals surface area contributed by atoms with Crippen molar-refractivity contribution < 1.29 is 31.5 Å². The van der Waals surface area contributed by atoms with Gasteiger partial charge in [0, 0.05) is 42.5 Å². The average molecular weight is 531 g/mol. The van der Waals surface area contributed by atoms with Gasteiger partial charge < -0.3 is 15.4 Å². The van der Waals surface area contributed by atoms with Gasteiger partial charge in [-0.2, -0.15) is 13.2 Å². The van der Waals surface area contributed by atoms with Crippen LogP contribution >= 0.6 is 11.6 Å². The molecule has 0 aliphatic carbocycles. The van der Waals surface area contributed by atoms with Gasteiger partial charge in [-0.25, -0.2) is 13.8 Å². The highest BCUT2D eigenvalue weighted by Gasteiger charge is 2.47. The summed E-state index contributed by atoms with van der Waals surface area (Å²) in [6, 6.07) is 7.39. The molecule has 1 fully saturated rings. The zero-order valence-corrected chi connectivity index (χ0v) is 20.2. The largest absolute Gasteiger partial charge is 0.475 e. The van der Waals surface area contributed by atoms with Crippen molar-refractivity contribution in [3.8, 4) is 5.88 Å². The standard InChI is InChI=1S/C24H24ClF5N4O2/c1-14-9-23(26,27)13-34(19(14)12-36-20-8-5-16(10-33-20)24(28,29)30)22(35)21(31)18(11-32-2)15-3-6-17(25)7-4-15/h3-8,10-11,14,19H,9,12-13,31H2,1-2H3/t14-,19?/m1/s1. The number of aromatic nitrogens is 1. The Labute approximate surface area is 209 Å². The number of benzene rings is 1. The fourth-order valence-corrected chi connectivity index (χ4v) is 4.08. The summed E-state index contributed by atoms with van der Waals surface area (Å²) in [6.45, 7) is 0.365. The van der Waals surface area contributed by atoms with Gasteiger partial charge in [0.15, 0.2) is 0 Å². The molecule has 1 aliphatic heterocycles. The van der Waals surface area contributed by atoms with Gasteiger partial charge in [0.25, 0.3) is 11.8 Å². The third-order valence-corrected chi connectivity index (χ3v) is 5.99. The third kappa shape index (κ3) is 6.51. The van der Waals surface area contributed by atoms with E-state index < -0.39 is 48.5 Å². The number of nitrogens with zero attached hydrogens (tertiary/aromatic N) is 3. The average Bonchev–Trinajstić information content (AvgIpc) is 2.80. The zero-order chi connectivity index (χ0) is 26.7. The molecule has 194 valence electrons. The number of aliphatic imine (C=N–C) groups is 1. The van der Waals surface area contributed by atoms with Gasteiger partial charge in [-0.15, -0.1) is 0 Å². The number of amides is 1. The van der Waals surface area contributed by atoms with E-state index in [1.807, 2.05) is 0 Å². The minimum Gasteiger partial charge on any atom is -0.475 e. The Kier molecular flexibility index (Phi) is 8.22. The fourth-order valence-electron chi connectivity index (χ4n) is 3.95. The Morgan fingerprint density at radius 3 is 2.50 bits per heavy atom. The molecule has 0 radical (unpaired) electrons. The minimum absolute atomic E-state index is 0.136. The number of ether oxygens (including phenoxy) is 1. The maximum absolute atomic E-state index is 14.5. The monoisotopic (exact) mass is 530 g/mol. The lowest BCUT2D eigenvalue weighted by Gasteiger charge is -2.43. The van der Waals surface area contributed by atoms with E-state index in [0.717, 1.165) is 17.0 Å². The van der Waals surface area contributed by atoms with Gasteiger partial charge in [-0.3, -0.25) is 9.79 Å². The second-order valence-corrected chi connectivity index (χ2v) is 8.89. The van der Waals surface area contributed by atoms with Crippen molar-refractivity contribution >= 4 is 29.3 Å². The molecule has 1 aromatic carbocycles. The number of allylic oxidation sites excluding steroid dienone is 1. The molecule has 1 aliphatic rings. The van der Waals surface area contributed by atoms with Crippen LogP contribution < -0.4 is 10.5 Å². The predicted octanol–water partition coefficient (Wildman–Crippen LogP) is 5.08. The summed E-state index contributed by atoms with van der Waals surface area (Å²) in [4.78, 5) is 21.9. The van der Waals surface area contributed by atoms with Crippen molar-refractivity contribution in [1.29, 1.82) is 0 Å². The van der Waals surface area contributed by atoms with E-state index in [1.165, 1.54) is 20.2 Å². The summed E-state index contributed by atoms with van der Waals surface area (Å²) in [7, 11) is 1.47. The molecular formula is C24H24ClF5N4O2. The molecule has 12 heteroatoms. The minimum atomic E-state index is -4.56. The van der Waals surface area contributed by atoms with Crippen LogP contribution in [0.15, 0.2) is 53.3 Å². The second kappa shape index (κ2) is 10.8. The summed E-state index contributed by atoms with van der Waals surface area (Å²) in [5.74, 6) is -4.86. The number of rotatable bonds is 6. The van der Waals surface area contributed by atoms with Crippen LogP contribution in [0.5, 0.6) is 5.88 Å². The van der Waals surface area contributed by atoms with E-state index in [2.05, 4.69) is 9.98 Å². The van der Waals surface area contributed by atoms with Crippen LogP contribution in [0.1, 0.15) is 24.5 Å². The van der Waals surface area contributed by atoms with E-state index in [-0.39, 0.29) is 23.8 Å². The molecule has 1 amide bonds. The SMILES string of the molecule is CN=CC(=C(N)C(=O)N1CC(F)(F)C[C@@H](C)C1COc1ccc(C(F)(F)F)cn1)c1ccc(Cl)cc1. The first kappa shape index (κ1) is 27.4. The number of hydrogen-bond donors (Lipinski definition) is 1. The molecule has 0 spiro atoms. The van der Waals surface area contributed by atoms with Gasteiger partial charge in [0.05, 0.1) is 18.2 Å². The summed E-state index contributed by atoms with van der Waals surface area (Å²) < 4.78 is 72.8.